The number of amidine groups is 1. The Labute approximate surface area is 249 Å². The average molecular weight is 616 g/mol. The van der Waals surface area contributed by atoms with Crippen molar-refractivity contribution in [2.75, 3.05) is 23.9 Å². The van der Waals surface area contributed by atoms with Gasteiger partial charge in [0.05, 0.1) is 23.6 Å². The van der Waals surface area contributed by atoms with Crippen LogP contribution in [-0.2, 0) is 36.7 Å². The van der Waals surface area contributed by atoms with E-state index in [0.717, 1.165) is 29.5 Å². The number of hydrogen-bond acceptors (Lipinski definition) is 7. The summed E-state index contributed by atoms with van der Waals surface area (Å²) in [4.78, 5) is 15.6. The monoisotopic (exact) mass is 615 g/mol. The van der Waals surface area contributed by atoms with Crippen molar-refractivity contribution in [1.82, 2.24) is 4.90 Å². The molecule has 2 aliphatic rings. The summed E-state index contributed by atoms with van der Waals surface area (Å²) in [7, 11) is -6.76. The number of aryl methyl sites for hydroxylation is 2. The molecule has 0 saturated heterocycles. The lowest BCUT2D eigenvalue weighted by molar-refractivity contribution is -0.129. The minimum atomic E-state index is -3.78. The molecular weight excluding hydrogens is 573 g/mol. The highest BCUT2D eigenvalue weighted by atomic mass is 32.2. The normalized spacial score (nSPS) is 20.9. The molecule has 0 bridgehead atoms. The zero-order chi connectivity index (χ0) is 30.9. The molecule has 2 atom stereocenters. The molecule has 0 spiro atoms. The van der Waals surface area contributed by atoms with Crippen LogP contribution in [0.5, 0.6) is 0 Å². The van der Waals surface area contributed by atoms with Crippen molar-refractivity contribution < 1.29 is 27.4 Å². The zero-order valence-electron chi connectivity index (χ0n) is 25.3. The molecule has 42 heavy (non-hydrogen) atoms. The van der Waals surface area contributed by atoms with Gasteiger partial charge in [0.2, 0.25) is 0 Å². The number of sulfone groups is 1. The number of benzene rings is 2. The number of amides is 1. The fraction of sp³-hybridized carbons (Fsp3) is 0.484. The molecule has 11 heteroatoms. The molecule has 2 aromatic carbocycles. The SMILES string of the molecule is CCOP1(=O)N=C(C2=C(O)[C@H](C(C)(C)C)N(Cc3cccc(C)c3)C2=O)Nc2ccc(CCCCCS(C)(=O)=O)cc21. The van der Waals surface area contributed by atoms with Crippen LogP contribution in [0.3, 0.4) is 0 Å². The molecule has 0 saturated carbocycles. The Morgan fingerprint density at radius 2 is 1.83 bits per heavy atom. The summed E-state index contributed by atoms with van der Waals surface area (Å²) >= 11 is 0. The molecule has 1 amide bonds. The van der Waals surface area contributed by atoms with E-state index in [-0.39, 0.29) is 29.5 Å². The van der Waals surface area contributed by atoms with Gasteiger partial charge >= 0.3 is 7.52 Å². The maximum Gasteiger partial charge on any atom is 0.348 e. The van der Waals surface area contributed by atoms with Crippen LogP contribution in [0.1, 0.15) is 63.6 Å². The largest absolute Gasteiger partial charge is 0.509 e. The van der Waals surface area contributed by atoms with Crippen LogP contribution in [0.25, 0.3) is 0 Å². The summed E-state index contributed by atoms with van der Waals surface area (Å²) in [6, 6.07) is 12.8. The van der Waals surface area contributed by atoms with Gasteiger partial charge in [-0.25, -0.2) is 8.42 Å². The van der Waals surface area contributed by atoms with Gasteiger partial charge in [-0.15, -0.1) is 0 Å². The van der Waals surface area contributed by atoms with E-state index in [4.69, 9.17) is 4.52 Å². The molecule has 0 radical (unpaired) electrons. The van der Waals surface area contributed by atoms with Crippen molar-refractivity contribution in [2.45, 2.75) is 72.9 Å². The van der Waals surface area contributed by atoms with Crippen molar-refractivity contribution in [1.29, 1.82) is 0 Å². The Morgan fingerprint density at radius 3 is 2.48 bits per heavy atom. The van der Waals surface area contributed by atoms with E-state index in [9.17, 15) is 22.9 Å². The Hall–Kier alpha value is -2.94. The van der Waals surface area contributed by atoms with Gasteiger partial charge in [-0.05, 0) is 61.8 Å². The quantitative estimate of drug-likeness (QED) is 0.245. The standard InChI is InChI=1S/C31H42N3O6PS/c1-7-40-41(37)25-19-22(13-9-8-10-17-42(6,38)39)15-16-24(25)32-29(33-41)26-27(35)28(31(3,4)5)34(30(26)36)20-23-14-11-12-21(2)18-23/h11-12,14-16,18-19,28,35H,7-10,13,17,20H2,1-6H3,(H,32,33,37)/t28-,41?/m1/s1. The second-order valence-corrected chi connectivity index (χ2v) is 16.5. The fourth-order valence-corrected chi connectivity index (χ4v) is 8.15. The van der Waals surface area contributed by atoms with E-state index in [2.05, 4.69) is 10.1 Å². The molecule has 228 valence electrons. The molecule has 1 unspecified atom stereocenters. The average Bonchev–Trinajstić information content (AvgIpc) is 3.12. The number of carbonyl (C=O) groups excluding carboxylic acids is 1. The number of fused-ring (bicyclic) bond motifs is 1. The van der Waals surface area contributed by atoms with Crippen molar-refractivity contribution in [3.63, 3.8) is 0 Å². The molecule has 4 rings (SSSR count). The van der Waals surface area contributed by atoms with E-state index < -0.39 is 34.7 Å². The third-order valence-electron chi connectivity index (χ3n) is 7.43. The van der Waals surface area contributed by atoms with Crippen molar-refractivity contribution in [3.05, 3.63) is 70.5 Å². The molecule has 2 heterocycles. The van der Waals surface area contributed by atoms with Gasteiger partial charge in [0.1, 0.15) is 21.2 Å². The maximum atomic E-state index is 14.2. The first-order valence-corrected chi connectivity index (χ1v) is 18.0. The summed E-state index contributed by atoms with van der Waals surface area (Å²) in [6.07, 6.45) is 4.07. The number of aliphatic hydroxyl groups is 1. The van der Waals surface area contributed by atoms with Crippen molar-refractivity contribution >= 4 is 40.1 Å². The van der Waals surface area contributed by atoms with E-state index in [0.29, 0.717) is 30.4 Å². The van der Waals surface area contributed by atoms with Crippen LogP contribution in [0.2, 0.25) is 0 Å². The van der Waals surface area contributed by atoms with Crippen molar-refractivity contribution in [2.24, 2.45) is 10.2 Å². The van der Waals surface area contributed by atoms with Gasteiger partial charge < -0.3 is 19.8 Å². The fourth-order valence-electron chi connectivity index (χ4n) is 5.59. The first-order valence-electron chi connectivity index (χ1n) is 14.4. The Bertz CT molecular complexity index is 1580. The number of nitrogens with zero attached hydrogens (tertiary/aromatic N) is 2. The molecule has 2 N–H and O–H groups in total. The van der Waals surface area contributed by atoms with E-state index in [1.54, 1.807) is 17.9 Å². The predicted molar refractivity (Wildman–Crippen MR) is 168 cm³/mol. The number of hydrogen-bond donors (Lipinski definition) is 2. The third-order valence-corrected chi connectivity index (χ3v) is 10.5. The predicted octanol–water partition coefficient (Wildman–Crippen LogP) is 5.70. The summed E-state index contributed by atoms with van der Waals surface area (Å²) in [5, 5.41) is 15.1. The smallest absolute Gasteiger partial charge is 0.348 e. The number of anilines is 1. The second-order valence-electron chi connectivity index (χ2n) is 12.3. The van der Waals surface area contributed by atoms with E-state index in [1.165, 1.54) is 6.26 Å². The molecule has 0 fully saturated rings. The number of rotatable bonds is 11. The number of carbonyl (C=O) groups is 1. The molecule has 2 aromatic rings. The summed E-state index contributed by atoms with van der Waals surface area (Å²) in [5.41, 5.74) is 2.98. The Morgan fingerprint density at radius 1 is 1.10 bits per heavy atom. The summed E-state index contributed by atoms with van der Waals surface area (Å²) in [6.45, 7) is 10.1. The highest BCUT2D eigenvalue weighted by Crippen LogP contribution is 2.53. The van der Waals surface area contributed by atoms with Crippen LogP contribution in [0.15, 0.2) is 58.6 Å². The van der Waals surface area contributed by atoms with Gasteiger partial charge in [-0.3, -0.25) is 9.36 Å². The van der Waals surface area contributed by atoms with E-state index in [1.807, 2.05) is 64.1 Å². The minimum absolute atomic E-state index is 0.00288. The van der Waals surface area contributed by atoms with Gasteiger partial charge in [-0.1, -0.05) is 63.1 Å². The van der Waals surface area contributed by atoms with Crippen LogP contribution >= 0.6 is 7.52 Å². The zero-order valence-corrected chi connectivity index (χ0v) is 27.0. The maximum absolute atomic E-state index is 14.2. The van der Waals surface area contributed by atoms with Crippen LogP contribution in [0, 0.1) is 12.3 Å². The van der Waals surface area contributed by atoms with Crippen LogP contribution in [0.4, 0.5) is 5.69 Å². The van der Waals surface area contributed by atoms with Crippen molar-refractivity contribution in [3.8, 4) is 0 Å². The molecule has 9 nitrogen and oxygen atoms in total. The molecule has 2 aliphatic heterocycles. The van der Waals surface area contributed by atoms with Gasteiger partial charge in [-0.2, -0.15) is 4.76 Å². The highest BCUT2D eigenvalue weighted by molar-refractivity contribution is 7.90. The molecular formula is C31H42N3O6PS. The first kappa shape index (κ1) is 32.0. The Kier molecular flexibility index (Phi) is 9.40. The van der Waals surface area contributed by atoms with Crippen LogP contribution < -0.4 is 10.6 Å². The van der Waals surface area contributed by atoms with E-state index >= 15 is 0 Å². The van der Waals surface area contributed by atoms with Crippen LogP contribution in [-0.4, -0.2) is 54.8 Å². The number of aliphatic hydroxyl groups excluding tert-OH is 1. The summed E-state index contributed by atoms with van der Waals surface area (Å²) < 4.78 is 47.2. The third kappa shape index (κ3) is 7.16. The van der Waals surface area contributed by atoms with Gasteiger partial charge in [0, 0.05) is 18.6 Å². The van der Waals surface area contributed by atoms with Gasteiger partial charge in [0.25, 0.3) is 5.91 Å². The summed E-state index contributed by atoms with van der Waals surface area (Å²) in [5.74, 6) is -0.296. The highest BCUT2D eigenvalue weighted by Gasteiger charge is 2.48. The molecule has 0 aliphatic carbocycles. The second kappa shape index (κ2) is 12.3. The lowest BCUT2D eigenvalue weighted by Crippen LogP contribution is -2.43. The van der Waals surface area contributed by atoms with Gasteiger partial charge in [0.15, 0.2) is 5.84 Å². The molecule has 0 aromatic heterocycles. The first-order chi connectivity index (χ1) is 19.6. The lowest BCUT2D eigenvalue weighted by Gasteiger charge is -2.35. The number of unbranched alkanes of at least 4 members (excludes halogenated alkanes) is 2. The topological polar surface area (TPSA) is 125 Å². The lowest BCUT2D eigenvalue weighted by atomic mass is 9.85. The minimum Gasteiger partial charge on any atom is -0.509 e. The Balaban J connectivity index is 1.64. The number of nitrogens with one attached hydrogen (secondary N) is 1.